The molecule has 0 aromatic heterocycles. The molecule has 25 heavy (non-hydrogen) atoms. The first-order valence-electron chi connectivity index (χ1n) is 8.26. The summed E-state index contributed by atoms with van der Waals surface area (Å²) < 4.78 is 11.3. The molecule has 6 heteroatoms. The minimum atomic E-state index is -0.00243. The lowest BCUT2D eigenvalue weighted by molar-refractivity contribution is 0.287. The maximum Gasteiger partial charge on any atom is 0.171 e. The predicted molar refractivity (Wildman–Crippen MR) is 108 cm³/mol. The molecule has 0 spiro atoms. The van der Waals surface area contributed by atoms with E-state index in [1.54, 1.807) is 0 Å². The molecular formula is C19H23ClN2O2S. The van der Waals surface area contributed by atoms with Crippen LogP contribution in [0.1, 0.15) is 32.4 Å². The summed E-state index contributed by atoms with van der Waals surface area (Å²) >= 11 is 11.5. The molecule has 0 amide bonds. The highest BCUT2D eigenvalue weighted by Gasteiger charge is 2.12. The number of thiocarbonyl (C=S) groups is 1. The highest BCUT2D eigenvalue weighted by molar-refractivity contribution is 7.80. The van der Waals surface area contributed by atoms with Gasteiger partial charge in [-0.2, -0.15) is 0 Å². The number of ether oxygens (including phenoxy) is 2. The lowest BCUT2D eigenvalue weighted by atomic mass is 10.1. The molecule has 2 rings (SSSR count). The summed E-state index contributed by atoms with van der Waals surface area (Å²) in [6.45, 7) is 7.11. The SMILES string of the molecule is CCOc1ccc([C@@H](C)NC(=S)Nc2ccccc2Cl)cc1OCC. The molecule has 0 aliphatic rings. The van der Waals surface area contributed by atoms with Gasteiger partial charge in [0.2, 0.25) is 0 Å². The lowest BCUT2D eigenvalue weighted by Gasteiger charge is -2.19. The minimum Gasteiger partial charge on any atom is -0.490 e. The van der Waals surface area contributed by atoms with E-state index in [0.717, 1.165) is 22.7 Å². The number of hydrogen-bond acceptors (Lipinski definition) is 3. The van der Waals surface area contributed by atoms with E-state index in [2.05, 4.69) is 10.6 Å². The van der Waals surface area contributed by atoms with Crippen LogP contribution in [0.3, 0.4) is 0 Å². The van der Waals surface area contributed by atoms with Crippen molar-refractivity contribution in [2.75, 3.05) is 18.5 Å². The van der Waals surface area contributed by atoms with Crippen LogP contribution in [-0.4, -0.2) is 18.3 Å². The molecule has 0 saturated carbocycles. The van der Waals surface area contributed by atoms with Crippen LogP contribution in [0.5, 0.6) is 11.5 Å². The molecule has 0 fully saturated rings. The topological polar surface area (TPSA) is 42.5 Å². The monoisotopic (exact) mass is 378 g/mol. The molecule has 4 nitrogen and oxygen atoms in total. The van der Waals surface area contributed by atoms with Crippen LogP contribution < -0.4 is 20.1 Å². The molecule has 1 atom stereocenters. The normalized spacial score (nSPS) is 11.5. The van der Waals surface area contributed by atoms with Gasteiger partial charge in [-0.05, 0) is 62.8 Å². The van der Waals surface area contributed by atoms with Crippen LogP contribution in [0.4, 0.5) is 5.69 Å². The lowest BCUT2D eigenvalue weighted by Crippen LogP contribution is -2.31. The Morgan fingerprint density at radius 2 is 1.76 bits per heavy atom. The Morgan fingerprint density at radius 3 is 2.44 bits per heavy atom. The third-order valence-corrected chi connectivity index (χ3v) is 4.09. The largest absolute Gasteiger partial charge is 0.490 e. The molecule has 2 aromatic rings. The zero-order chi connectivity index (χ0) is 18.2. The standard InChI is InChI=1S/C19H23ClN2O2S/c1-4-23-17-11-10-14(12-18(17)24-5-2)13(3)21-19(25)22-16-9-7-6-8-15(16)20/h6-13H,4-5H2,1-3H3,(H2,21,22,25)/t13-/m1/s1. The summed E-state index contributed by atoms with van der Waals surface area (Å²) in [5.41, 5.74) is 1.82. The quantitative estimate of drug-likeness (QED) is 0.649. The Labute approximate surface area is 159 Å². The van der Waals surface area contributed by atoms with Crippen molar-refractivity contribution in [2.45, 2.75) is 26.8 Å². The first-order chi connectivity index (χ1) is 12.0. The van der Waals surface area contributed by atoms with Crippen molar-refractivity contribution < 1.29 is 9.47 Å². The third-order valence-electron chi connectivity index (χ3n) is 3.54. The van der Waals surface area contributed by atoms with E-state index in [9.17, 15) is 0 Å². The Morgan fingerprint density at radius 1 is 1.08 bits per heavy atom. The molecule has 0 heterocycles. The van der Waals surface area contributed by atoms with E-state index >= 15 is 0 Å². The maximum atomic E-state index is 6.14. The Bertz CT molecular complexity index is 724. The van der Waals surface area contributed by atoms with Gasteiger partial charge in [0.05, 0.1) is 30.0 Å². The zero-order valence-corrected chi connectivity index (χ0v) is 16.2. The summed E-state index contributed by atoms with van der Waals surface area (Å²) in [5, 5.41) is 7.50. The molecule has 0 saturated heterocycles. The second-order valence-electron chi connectivity index (χ2n) is 5.37. The summed E-state index contributed by atoms with van der Waals surface area (Å²) in [6.07, 6.45) is 0. The first-order valence-corrected chi connectivity index (χ1v) is 9.05. The number of benzene rings is 2. The number of hydrogen-bond donors (Lipinski definition) is 2. The van der Waals surface area contributed by atoms with Gasteiger partial charge in [0.15, 0.2) is 16.6 Å². The van der Waals surface area contributed by atoms with Crippen molar-refractivity contribution in [3.8, 4) is 11.5 Å². The van der Waals surface area contributed by atoms with Gasteiger partial charge in [0, 0.05) is 0 Å². The van der Waals surface area contributed by atoms with Crippen molar-refractivity contribution in [2.24, 2.45) is 0 Å². The Balaban J connectivity index is 2.06. The van der Waals surface area contributed by atoms with Crippen molar-refractivity contribution in [3.05, 3.63) is 53.1 Å². The predicted octanol–water partition coefficient (Wildman–Crippen LogP) is 5.19. The van der Waals surface area contributed by atoms with E-state index in [0.29, 0.717) is 23.3 Å². The summed E-state index contributed by atoms with van der Waals surface area (Å²) in [5.74, 6) is 1.48. The van der Waals surface area contributed by atoms with E-state index in [-0.39, 0.29) is 6.04 Å². The van der Waals surface area contributed by atoms with Crippen LogP contribution in [0, 0.1) is 0 Å². The highest BCUT2D eigenvalue weighted by Crippen LogP contribution is 2.30. The average Bonchev–Trinajstić information content (AvgIpc) is 2.59. The van der Waals surface area contributed by atoms with Crippen LogP contribution in [0.25, 0.3) is 0 Å². The second kappa shape index (κ2) is 9.49. The number of rotatable bonds is 7. The van der Waals surface area contributed by atoms with Crippen molar-refractivity contribution in [3.63, 3.8) is 0 Å². The average molecular weight is 379 g/mol. The van der Waals surface area contributed by atoms with Crippen LogP contribution in [-0.2, 0) is 0 Å². The van der Waals surface area contributed by atoms with E-state index < -0.39 is 0 Å². The van der Waals surface area contributed by atoms with Gasteiger partial charge in [0.1, 0.15) is 0 Å². The molecule has 0 bridgehead atoms. The summed E-state index contributed by atoms with van der Waals surface area (Å²) in [4.78, 5) is 0. The van der Waals surface area contributed by atoms with Gasteiger partial charge in [-0.15, -0.1) is 0 Å². The number of nitrogens with one attached hydrogen (secondary N) is 2. The van der Waals surface area contributed by atoms with E-state index in [1.165, 1.54) is 0 Å². The van der Waals surface area contributed by atoms with Crippen LogP contribution in [0.15, 0.2) is 42.5 Å². The highest BCUT2D eigenvalue weighted by atomic mass is 35.5. The Hall–Kier alpha value is -1.98. The zero-order valence-electron chi connectivity index (χ0n) is 14.6. The van der Waals surface area contributed by atoms with E-state index in [4.69, 9.17) is 33.3 Å². The summed E-state index contributed by atoms with van der Waals surface area (Å²) in [6, 6.07) is 13.4. The van der Waals surface area contributed by atoms with Crippen LogP contribution >= 0.6 is 23.8 Å². The van der Waals surface area contributed by atoms with Crippen molar-refractivity contribution in [1.82, 2.24) is 5.32 Å². The molecule has 0 aliphatic carbocycles. The second-order valence-corrected chi connectivity index (χ2v) is 6.19. The fraction of sp³-hybridized carbons (Fsp3) is 0.316. The molecule has 2 N–H and O–H groups in total. The fourth-order valence-electron chi connectivity index (χ4n) is 2.34. The molecular weight excluding hydrogens is 356 g/mol. The fourth-order valence-corrected chi connectivity index (χ4v) is 2.81. The van der Waals surface area contributed by atoms with Gasteiger partial charge < -0.3 is 20.1 Å². The van der Waals surface area contributed by atoms with Crippen molar-refractivity contribution in [1.29, 1.82) is 0 Å². The van der Waals surface area contributed by atoms with Gasteiger partial charge >= 0.3 is 0 Å². The van der Waals surface area contributed by atoms with Crippen molar-refractivity contribution >= 4 is 34.6 Å². The molecule has 0 aliphatic heterocycles. The first kappa shape index (κ1) is 19.3. The molecule has 134 valence electrons. The van der Waals surface area contributed by atoms with Gasteiger partial charge in [-0.25, -0.2) is 0 Å². The smallest absolute Gasteiger partial charge is 0.171 e. The van der Waals surface area contributed by atoms with Gasteiger partial charge in [0.25, 0.3) is 0 Å². The number of halogens is 1. The van der Waals surface area contributed by atoms with E-state index in [1.807, 2.05) is 63.2 Å². The number of para-hydroxylation sites is 1. The maximum absolute atomic E-state index is 6.14. The van der Waals surface area contributed by atoms with Gasteiger partial charge in [-0.3, -0.25) is 0 Å². The number of anilines is 1. The van der Waals surface area contributed by atoms with Gasteiger partial charge in [-0.1, -0.05) is 29.8 Å². The summed E-state index contributed by atoms with van der Waals surface area (Å²) in [7, 11) is 0. The Kier molecular flexibility index (Phi) is 7.34. The molecule has 0 radical (unpaired) electrons. The molecule has 2 aromatic carbocycles. The van der Waals surface area contributed by atoms with Crippen LogP contribution in [0.2, 0.25) is 5.02 Å². The molecule has 0 unspecified atom stereocenters. The third kappa shape index (κ3) is 5.51. The minimum absolute atomic E-state index is 0.00243.